The summed E-state index contributed by atoms with van der Waals surface area (Å²) in [6.45, 7) is 1.41. The van der Waals surface area contributed by atoms with E-state index >= 15 is 0 Å². The number of anilines is 1. The van der Waals surface area contributed by atoms with Crippen molar-refractivity contribution >= 4 is 28.4 Å². The molecule has 6 heteroatoms. The molecule has 0 aliphatic carbocycles. The third-order valence-electron chi connectivity index (χ3n) is 5.52. The van der Waals surface area contributed by atoms with E-state index in [4.69, 9.17) is 4.74 Å². The van der Waals surface area contributed by atoms with Gasteiger partial charge in [0.1, 0.15) is 0 Å². The van der Waals surface area contributed by atoms with E-state index in [0.29, 0.717) is 12.2 Å². The molecule has 6 nitrogen and oxygen atoms in total. The molecular formula is C27H27N3O3. The minimum Gasteiger partial charge on any atom is -0.383 e. The van der Waals surface area contributed by atoms with Crippen LogP contribution >= 0.6 is 0 Å². The molecule has 0 aliphatic rings. The Morgan fingerprint density at radius 1 is 0.939 bits per heavy atom. The first kappa shape index (κ1) is 22.3. The van der Waals surface area contributed by atoms with Gasteiger partial charge in [0, 0.05) is 42.0 Å². The molecule has 3 aromatic carbocycles. The lowest BCUT2D eigenvalue weighted by atomic mass is 10.0. The summed E-state index contributed by atoms with van der Waals surface area (Å²) in [5, 5.41) is 7.02. The highest BCUT2D eigenvalue weighted by molar-refractivity contribution is 5.96. The molecule has 1 heterocycles. The Hall–Kier alpha value is -3.90. The Balaban J connectivity index is 1.47. The molecule has 0 fully saturated rings. The van der Waals surface area contributed by atoms with E-state index in [1.807, 2.05) is 79.0 Å². The number of ether oxygens (including phenoxy) is 1. The van der Waals surface area contributed by atoms with Crippen molar-refractivity contribution in [1.29, 1.82) is 0 Å². The molecule has 33 heavy (non-hydrogen) atoms. The summed E-state index contributed by atoms with van der Waals surface area (Å²) in [5.41, 5.74) is 3.24. The molecule has 0 saturated carbocycles. The summed E-state index contributed by atoms with van der Waals surface area (Å²) in [7, 11) is 1.68. The van der Waals surface area contributed by atoms with E-state index in [-0.39, 0.29) is 18.2 Å². The number of amides is 2. The van der Waals surface area contributed by atoms with Crippen molar-refractivity contribution in [2.45, 2.75) is 19.0 Å². The fourth-order valence-corrected chi connectivity index (χ4v) is 3.83. The predicted octanol–water partition coefficient (Wildman–Crippen LogP) is 4.79. The summed E-state index contributed by atoms with van der Waals surface area (Å²) in [6.07, 6.45) is 2.13. The average Bonchev–Trinajstić information content (AvgIpc) is 3.25. The number of fused-ring (bicyclic) bond motifs is 1. The van der Waals surface area contributed by atoms with Gasteiger partial charge in [-0.3, -0.25) is 9.59 Å². The standard InChI is InChI=1S/C27H27N3O3/c1-33-17-16-30-15-14-22-18-23(12-13-25(22)30)28-26(31)19-24(20-8-4-2-5-9-20)29-27(32)21-10-6-3-7-11-21/h2-15,18,24H,16-17,19H2,1H3,(H,28,31)(H,29,32). The number of carbonyl (C=O) groups is 2. The summed E-state index contributed by atoms with van der Waals surface area (Å²) in [5.74, 6) is -0.383. The van der Waals surface area contributed by atoms with Crippen LogP contribution in [0.25, 0.3) is 10.9 Å². The first-order chi connectivity index (χ1) is 16.1. The molecule has 0 spiro atoms. The Kier molecular flexibility index (Phi) is 7.17. The normalized spacial score (nSPS) is 11.8. The van der Waals surface area contributed by atoms with Crippen molar-refractivity contribution in [3.63, 3.8) is 0 Å². The lowest BCUT2D eigenvalue weighted by Crippen LogP contribution is -2.31. The van der Waals surface area contributed by atoms with Crippen molar-refractivity contribution in [3.05, 3.63) is 102 Å². The van der Waals surface area contributed by atoms with Crippen molar-refractivity contribution in [2.75, 3.05) is 19.0 Å². The second kappa shape index (κ2) is 10.6. The molecule has 1 atom stereocenters. The van der Waals surface area contributed by atoms with Gasteiger partial charge >= 0.3 is 0 Å². The fourth-order valence-electron chi connectivity index (χ4n) is 3.83. The van der Waals surface area contributed by atoms with Crippen molar-refractivity contribution in [3.8, 4) is 0 Å². The monoisotopic (exact) mass is 441 g/mol. The maximum Gasteiger partial charge on any atom is 0.251 e. The number of methoxy groups -OCH3 is 1. The van der Waals surface area contributed by atoms with Gasteiger partial charge in [0.15, 0.2) is 0 Å². The zero-order chi connectivity index (χ0) is 23.0. The van der Waals surface area contributed by atoms with Crippen LogP contribution in [-0.4, -0.2) is 30.1 Å². The molecule has 1 aromatic heterocycles. The number of rotatable bonds is 9. The minimum absolute atomic E-state index is 0.121. The molecule has 2 N–H and O–H groups in total. The average molecular weight is 442 g/mol. The van der Waals surface area contributed by atoms with Crippen molar-refractivity contribution in [2.24, 2.45) is 0 Å². The zero-order valence-electron chi connectivity index (χ0n) is 18.5. The van der Waals surface area contributed by atoms with E-state index in [1.54, 1.807) is 19.2 Å². The van der Waals surface area contributed by atoms with E-state index in [1.165, 1.54) is 0 Å². The Morgan fingerprint density at radius 2 is 1.67 bits per heavy atom. The van der Waals surface area contributed by atoms with Crippen LogP contribution < -0.4 is 10.6 Å². The Labute approximate surface area is 193 Å². The summed E-state index contributed by atoms with van der Waals surface area (Å²) in [6, 6.07) is 26.0. The molecule has 0 saturated heterocycles. The predicted molar refractivity (Wildman–Crippen MR) is 130 cm³/mol. The van der Waals surface area contributed by atoms with E-state index in [9.17, 15) is 9.59 Å². The lowest BCUT2D eigenvalue weighted by molar-refractivity contribution is -0.116. The van der Waals surface area contributed by atoms with Gasteiger partial charge in [-0.1, -0.05) is 48.5 Å². The molecule has 168 valence electrons. The second-order valence-corrected chi connectivity index (χ2v) is 7.83. The number of carbonyl (C=O) groups excluding carboxylic acids is 2. The number of aromatic nitrogens is 1. The first-order valence-electron chi connectivity index (χ1n) is 10.9. The molecule has 2 amide bonds. The number of benzene rings is 3. The topological polar surface area (TPSA) is 72.4 Å². The highest BCUT2D eigenvalue weighted by Gasteiger charge is 2.19. The van der Waals surface area contributed by atoms with Gasteiger partial charge in [-0.2, -0.15) is 0 Å². The van der Waals surface area contributed by atoms with Crippen LogP contribution in [0.2, 0.25) is 0 Å². The van der Waals surface area contributed by atoms with Crippen LogP contribution in [0.1, 0.15) is 28.4 Å². The number of hydrogen-bond donors (Lipinski definition) is 2. The maximum atomic E-state index is 12.9. The summed E-state index contributed by atoms with van der Waals surface area (Å²) in [4.78, 5) is 25.7. The van der Waals surface area contributed by atoms with E-state index in [0.717, 1.165) is 28.7 Å². The first-order valence-corrected chi connectivity index (χ1v) is 10.9. The summed E-state index contributed by atoms with van der Waals surface area (Å²) >= 11 is 0. The molecule has 4 rings (SSSR count). The van der Waals surface area contributed by atoms with Crippen LogP contribution in [0, 0.1) is 0 Å². The Bertz CT molecular complexity index is 1220. The smallest absolute Gasteiger partial charge is 0.251 e. The summed E-state index contributed by atoms with van der Waals surface area (Å²) < 4.78 is 7.28. The van der Waals surface area contributed by atoms with Crippen LogP contribution in [-0.2, 0) is 16.1 Å². The van der Waals surface area contributed by atoms with E-state index < -0.39 is 6.04 Å². The third kappa shape index (κ3) is 5.67. The van der Waals surface area contributed by atoms with Crippen LogP contribution in [0.3, 0.4) is 0 Å². The molecule has 4 aromatic rings. The van der Waals surface area contributed by atoms with Gasteiger partial charge in [-0.25, -0.2) is 0 Å². The third-order valence-corrected chi connectivity index (χ3v) is 5.52. The van der Waals surface area contributed by atoms with Crippen molar-refractivity contribution in [1.82, 2.24) is 9.88 Å². The van der Waals surface area contributed by atoms with Gasteiger partial charge in [0.25, 0.3) is 5.91 Å². The molecule has 0 radical (unpaired) electrons. The van der Waals surface area contributed by atoms with Gasteiger partial charge in [-0.05, 0) is 42.0 Å². The molecule has 0 aliphatic heterocycles. The van der Waals surface area contributed by atoms with Crippen molar-refractivity contribution < 1.29 is 14.3 Å². The molecule has 0 bridgehead atoms. The molecule has 1 unspecified atom stereocenters. The van der Waals surface area contributed by atoms with Gasteiger partial charge in [-0.15, -0.1) is 0 Å². The highest BCUT2D eigenvalue weighted by Crippen LogP contribution is 2.22. The van der Waals surface area contributed by atoms with E-state index in [2.05, 4.69) is 15.2 Å². The van der Waals surface area contributed by atoms with Gasteiger partial charge in [0.05, 0.1) is 19.1 Å². The van der Waals surface area contributed by atoms with Gasteiger partial charge < -0.3 is 19.9 Å². The fraction of sp³-hybridized carbons (Fsp3) is 0.185. The largest absolute Gasteiger partial charge is 0.383 e. The maximum absolute atomic E-state index is 12.9. The van der Waals surface area contributed by atoms with Crippen LogP contribution in [0.5, 0.6) is 0 Å². The van der Waals surface area contributed by atoms with Gasteiger partial charge in [0.2, 0.25) is 5.91 Å². The highest BCUT2D eigenvalue weighted by atomic mass is 16.5. The SMILES string of the molecule is COCCn1ccc2cc(NC(=O)CC(NC(=O)c3ccccc3)c3ccccc3)ccc21. The minimum atomic E-state index is -0.447. The van der Waals surface area contributed by atoms with Crippen LogP contribution in [0.4, 0.5) is 5.69 Å². The Morgan fingerprint density at radius 3 is 2.39 bits per heavy atom. The second-order valence-electron chi connectivity index (χ2n) is 7.83. The number of nitrogens with zero attached hydrogens (tertiary/aromatic N) is 1. The number of hydrogen-bond acceptors (Lipinski definition) is 3. The number of nitrogens with one attached hydrogen (secondary N) is 2. The van der Waals surface area contributed by atoms with Crippen LogP contribution in [0.15, 0.2) is 91.1 Å². The molecular weight excluding hydrogens is 414 g/mol. The lowest BCUT2D eigenvalue weighted by Gasteiger charge is -2.19. The zero-order valence-corrected chi connectivity index (χ0v) is 18.5. The quantitative estimate of drug-likeness (QED) is 0.392.